The first-order valence-electron chi connectivity index (χ1n) is 7.37. The second-order valence-electron chi connectivity index (χ2n) is 5.12. The number of hydrogen-bond acceptors (Lipinski definition) is 4. The van der Waals surface area contributed by atoms with Gasteiger partial charge in [0.05, 0.1) is 0 Å². The highest BCUT2D eigenvalue weighted by atomic mass is 16.5. The van der Waals surface area contributed by atoms with Crippen LogP contribution in [0.4, 0.5) is 5.82 Å². The number of carbonyl (C=O) groups is 1. The fraction of sp³-hybridized carbons (Fsp3) is 0.294. The summed E-state index contributed by atoms with van der Waals surface area (Å²) in [6, 6.07) is 13.4. The molecule has 2 heterocycles. The van der Waals surface area contributed by atoms with E-state index in [-0.39, 0.29) is 12.0 Å². The molecule has 1 aliphatic rings. The van der Waals surface area contributed by atoms with Gasteiger partial charge in [-0.1, -0.05) is 30.3 Å². The van der Waals surface area contributed by atoms with Crippen LogP contribution in [0.25, 0.3) is 0 Å². The summed E-state index contributed by atoms with van der Waals surface area (Å²) in [5.41, 5.74) is 1.06. The Balaban J connectivity index is 1.65. The number of carbonyl (C=O) groups excluding carboxylic acids is 1. The van der Waals surface area contributed by atoms with E-state index in [1.165, 1.54) is 0 Å². The SMILES string of the molecule is O=C(Nc1ncccc1OCc1ccccc1)C1CCCO1. The van der Waals surface area contributed by atoms with E-state index in [0.29, 0.717) is 24.8 Å². The molecule has 1 aromatic heterocycles. The van der Waals surface area contributed by atoms with E-state index < -0.39 is 0 Å². The fourth-order valence-electron chi connectivity index (χ4n) is 2.32. The Kier molecular flexibility index (Phi) is 4.65. The number of nitrogens with one attached hydrogen (secondary N) is 1. The van der Waals surface area contributed by atoms with E-state index in [4.69, 9.17) is 9.47 Å². The van der Waals surface area contributed by atoms with Gasteiger partial charge in [0.1, 0.15) is 12.7 Å². The van der Waals surface area contributed by atoms with Gasteiger partial charge in [-0.3, -0.25) is 4.79 Å². The third-order valence-corrected chi connectivity index (χ3v) is 3.47. The zero-order chi connectivity index (χ0) is 15.2. The fourth-order valence-corrected chi connectivity index (χ4v) is 2.32. The second kappa shape index (κ2) is 7.04. The maximum atomic E-state index is 12.1. The smallest absolute Gasteiger partial charge is 0.254 e. The van der Waals surface area contributed by atoms with Gasteiger partial charge in [-0.25, -0.2) is 4.98 Å². The van der Waals surface area contributed by atoms with Crippen LogP contribution in [0.15, 0.2) is 48.7 Å². The van der Waals surface area contributed by atoms with E-state index in [1.54, 1.807) is 18.3 Å². The molecule has 0 aliphatic carbocycles. The standard InChI is InChI=1S/C17H18N2O3/c20-17(15-9-5-11-21-15)19-16-14(8-4-10-18-16)22-12-13-6-2-1-3-7-13/h1-4,6-8,10,15H,5,9,11-12H2,(H,18,19,20). The van der Waals surface area contributed by atoms with E-state index in [1.807, 2.05) is 30.3 Å². The van der Waals surface area contributed by atoms with Gasteiger partial charge in [0.15, 0.2) is 11.6 Å². The Hall–Kier alpha value is -2.40. The maximum Gasteiger partial charge on any atom is 0.254 e. The van der Waals surface area contributed by atoms with E-state index in [0.717, 1.165) is 18.4 Å². The average molecular weight is 298 g/mol. The first-order chi connectivity index (χ1) is 10.8. The molecule has 1 atom stereocenters. The lowest BCUT2D eigenvalue weighted by Crippen LogP contribution is -2.27. The largest absolute Gasteiger partial charge is 0.485 e. The van der Waals surface area contributed by atoms with Crippen molar-refractivity contribution in [2.24, 2.45) is 0 Å². The molecule has 22 heavy (non-hydrogen) atoms. The minimum absolute atomic E-state index is 0.166. The highest BCUT2D eigenvalue weighted by Crippen LogP contribution is 2.23. The zero-order valence-corrected chi connectivity index (χ0v) is 12.2. The molecule has 1 unspecified atom stereocenters. The molecular weight excluding hydrogens is 280 g/mol. The highest BCUT2D eigenvalue weighted by Gasteiger charge is 2.24. The van der Waals surface area contributed by atoms with Gasteiger partial charge in [-0.15, -0.1) is 0 Å². The van der Waals surface area contributed by atoms with Crippen LogP contribution in [-0.4, -0.2) is 23.6 Å². The van der Waals surface area contributed by atoms with E-state index in [2.05, 4.69) is 10.3 Å². The lowest BCUT2D eigenvalue weighted by Gasteiger charge is -2.13. The topological polar surface area (TPSA) is 60.5 Å². The van der Waals surface area contributed by atoms with Gasteiger partial charge in [0.2, 0.25) is 0 Å². The number of benzene rings is 1. The molecule has 0 spiro atoms. The Bertz CT molecular complexity index is 625. The quantitative estimate of drug-likeness (QED) is 0.922. The van der Waals surface area contributed by atoms with Crippen LogP contribution in [0.3, 0.4) is 0 Å². The third-order valence-electron chi connectivity index (χ3n) is 3.47. The molecule has 0 saturated carbocycles. The summed E-state index contributed by atoms with van der Waals surface area (Å²) in [5.74, 6) is 0.817. The van der Waals surface area contributed by atoms with Crippen LogP contribution in [0.5, 0.6) is 5.75 Å². The second-order valence-corrected chi connectivity index (χ2v) is 5.12. The van der Waals surface area contributed by atoms with Crippen molar-refractivity contribution >= 4 is 11.7 Å². The van der Waals surface area contributed by atoms with Gasteiger partial charge in [-0.2, -0.15) is 0 Å². The van der Waals surface area contributed by atoms with Crippen LogP contribution in [-0.2, 0) is 16.1 Å². The van der Waals surface area contributed by atoms with Crippen LogP contribution in [0, 0.1) is 0 Å². The van der Waals surface area contributed by atoms with Crippen LogP contribution >= 0.6 is 0 Å². The van der Waals surface area contributed by atoms with Gasteiger partial charge >= 0.3 is 0 Å². The summed E-state index contributed by atoms with van der Waals surface area (Å²) in [6.07, 6.45) is 2.90. The Morgan fingerprint density at radius 3 is 2.91 bits per heavy atom. The predicted molar refractivity (Wildman–Crippen MR) is 82.6 cm³/mol. The summed E-state index contributed by atoms with van der Waals surface area (Å²) < 4.78 is 11.1. The molecule has 1 N–H and O–H groups in total. The maximum absolute atomic E-state index is 12.1. The molecule has 114 valence electrons. The summed E-state index contributed by atoms with van der Waals surface area (Å²) in [6.45, 7) is 1.06. The minimum atomic E-state index is -0.385. The number of anilines is 1. The molecule has 2 aromatic rings. The molecule has 0 bridgehead atoms. The third kappa shape index (κ3) is 3.62. The van der Waals surface area contributed by atoms with Crippen LogP contribution in [0.1, 0.15) is 18.4 Å². The molecule has 1 saturated heterocycles. The van der Waals surface area contributed by atoms with E-state index in [9.17, 15) is 4.79 Å². The van der Waals surface area contributed by atoms with Gasteiger partial charge in [-0.05, 0) is 30.5 Å². The van der Waals surface area contributed by atoms with Gasteiger partial charge < -0.3 is 14.8 Å². The molecule has 0 radical (unpaired) electrons. The molecule has 1 aliphatic heterocycles. The van der Waals surface area contributed by atoms with Crippen molar-refractivity contribution in [3.05, 3.63) is 54.2 Å². The molecule has 1 aromatic carbocycles. The first-order valence-corrected chi connectivity index (χ1v) is 7.37. The summed E-state index contributed by atoms with van der Waals surface area (Å²) >= 11 is 0. The van der Waals surface area contributed by atoms with Crippen LogP contribution < -0.4 is 10.1 Å². The molecule has 5 nitrogen and oxygen atoms in total. The number of rotatable bonds is 5. The van der Waals surface area contributed by atoms with Crippen molar-refractivity contribution in [3.8, 4) is 5.75 Å². The number of nitrogens with zero attached hydrogens (tertiary/aromatic N) is 1. The van der Waals surface area contributed by atoms with Crippen molar-refractivity contribution in [2.45, 2.75) is 25.6 Å². The predicted octanol–water partition coefficient (Wildman–Crippen LogP) is 2.78. The minimum Gasteiger partial charge on any atom is -0.485 e. The lowest BCUT2D eigenvalue weighted by molar-refractivity contribution is -0.124. The normalized spacial score (nSPS) is 17.2. The monoisotopic (exact) mass is 298 g/mol. The highest BCUT2D eigenvalue weighted by molar-refractivity contribution is 5.94. The Labute approximate surface area is 129 Å². The number of aromatic nitrogens is 1. The number of hydrogen-bond donors (Lipinski definition) is 1. The Morgan fingerprint density at radius 2 is 2.14 bits per heavy atom. The Morgan fingerprint density at radius 1 is 1.27 bits per heavy atom. The number of amides is 1. The van der Waals surface area contributed by atoms with Crippen molar-refractivity contribution in [2.75, 3.05) is 11.9 Å². The summed E-state index contributed by atoms with van der Waals surface area (Å²) in [5, 5.41) is 2.79. The number of ether oxygens (including phenoxy) is 2. The van der Waals surface area contributed by atoms with Gasteiger partial charge in [0, 0.05) is 12.8 Å². The first kappa shape index (κ1) is 14.5. The van der Waals surface area contributed by atoms with Crippen molar-refractivity contribution in [3.63, 3.8) is 0 Å². The molecular formula is C17H18N2O3. The van der Waals surface area contributed by atoms with Crippen molar-refractivity contribution in [1.82, 2.24) is 4.98 Å². The number of pyridine rings is 1. The average Bonchev–Trinajstić information content (AvgIpc) is 3.10. The zero-order valence-electron chi connectivity index (χ0n) is 12.2. The van der Waals surface area contributed by atoms with Gasteiger partial charge in [0.25, 0.3) is 5.91 Å². The lowest BCUT2D eigenvalue weighted by atomic mass is 10.2. The molecule has 1 fully saturated rings. The molecule has 5 heteroatoms. The molecule has 3 rings (SSSR count). The summed E-state index contributed by atoms with van der Waals surface area (Å²) in [7, 11) is 0. The molecule has 1 amide bonds. The van der Waals surface area contributed by atoms with Crippen LogP contribution in [0.2, 0.25) is 0 Å². The van der Waals surface area contributed by atoms with Crippen molar-refractivity contribution in [1.29, 1.82) is 0 Å². The van der Waals surface area contributed by atoms with Crippen molar-refractivity contribution < 1.29 is 14.3 Å². The summed E-state index contributed by atoms with van der Waals surface area (Å²) in [4.78, 5) is 16.3. The van der Waals surface area contributed by atoms with E-state index >= 15 is 0 Å².